The maximum atomic E-state index is 12.4. The van der Waals surface area contributed by atoms with E-state index in [-0.39, 0.29) is 6.03 Å². The highest BCUT2D eigenvalue weighted by Gasteiger charge is 2.17. The molecule has 1 aromatic carbocycles. The minimum absolute atomic E-state index is 0.00867. The molecule has 128 valence electrons. The Hall–Kier alpha value is -2.30. The van der Waals surface area contributed by atoms with Crippen LogP contribution in [-0.2, 0) is 6.54 Å². The van der Waals surface area contributed by atoms with Crippen molar-refractivity contribution in [2.45, 2.75) is 51.1 Å². The lowest BCUT2D eigenvalue weighted by Gasteiger charge is -2.22. The number of benzene rings is 1. The first-order valence-corrected chi connectivity index (χ1v) is 8.83. The van der Waals surface area contributed by atoms with Gasteiger partial charge in [-0.15, -0.1) is 0 Å². The number of rotatable bonds is 4. The van der Waals surface area contributed by atoms with Crippen LogP contribution in [0.5, 0.6) is 0 Å². The summed E-state index contributed by atoms with van der Waals surface area (Å²) >= 11 is 0. The van der Waals surface area contributed by atoms with Crippen LogP contribution in [0.3, 0.4) is 0 Å². The lowest BCUT2D eigenvalue weighted by molar-refractivity contribution is 0.201. The minimum atomic E-state index is 0.00867. The van der Waals surface area contributed by atoms with E-state index >= 15 is 0 Å². The van der Waals surface area contributed by atoms with Crippen molar-refractivity contribution in [2.24, 2.45) is 0 Å². The number of para-hydroxylation sites is 1. The summed E-state index contributed by atoms with van der Waals surface area (Å²) in [5.41, 5.74) is 2.05. The molecule has 2 aromatic rings. The van der Waals surface area contributed by atoms with Crippen LogP contribution in [0.25, 0.3) is 5.69 Å². The summed E-state index contributed by atoms with van der Waals surface area (Å²) in [5, 5.41) is 7.56. The number of aromatic nitrogens is 2. The number of urea groups is 1. The molecule has 1 aliphatic carbocycles. The molecule has 0 saturated heterocycles. The van der Waals surface area contributed by atoms with Crippen molar-refractivity contribution in [1.29, 1.82) is 0 Å². The van der Waals surface area contributed by atoms with E-state index in [1.54, 1.807) is 4.90 Å². The molecule has 0 spiro atoms. The second kappa shape index (κ2) is 7.99. The number of nitrogens with zero attached hydrogens (tertiary/aromatic N) is 3. The van der Waals surface area contributed by atoms with Gasteiger partial charge < -0.3 is 10.2 Å². The molecule has 0 radical (unpaired) electrons. The Morgan fingerprint density at radius 2 is 1.92 bits per heavy atom. The zero-order valence-electron chi connectivity index (χ0n) is 14.3. The molecule has 0 atom stereocenters. The monoisotopic (exact) mass is 326 g/mol. The highest BCUT2D eigenvalue weighted by Crippen LogP contribution is 2.17. The molecular weight excluding hydrogens is 300 g/mol. The zero-order chi connectivity index (χ0) is 16.8. The van der Waals surface area contributed by atoms with E-state index in [0.29, 0.717) is 12.6 Å². The molecule has 5 heteroatoms. The summed E-state index contributed by atoms with van der Waals surface area (Å²) < 4.78 is 1.84. The van der Waals surface area contributed by atoms with Crippen LogP contribution in [0.1, 0.15) is 44.1 Å². The van der Waals surface area contributed by atoms with Gasteiger partial charge in [0.1, 0.15) is 0 Å². The van der Waals surface area contributed by atoms with E-state index in [9.17, 15) is 4.79 Å². The van der Waals surface area contributed by atoms with Crippen LogP contribution in [0.15, 0.2) is 42.7 Å². The largest absolute Gasteiger partial charge is 0.335 e. The van der Waals surface area contributed by atoms with E-state index in [2.05, 4.69) is 10.4 Å². The Balaban J connectivity index is 1.55. The second-order valence-corrected chi connectivity index (χ2v) is 6.62. The predicted octanol–water partition coefficient (Wildman–Crippen LogP) is 3.74. The van der Waals surface area contributed by atoms with Crippen molar-refractivity contribution >= 4 is 6.03 Å². The Morgan fingerprint density at radius 3 is 2.62 bits per heavy atom. The molecule has 3 rings (SSSR count). The van der Waals surface area contributed by atoms with E-state index in [0.717, 1.165) is 24.1 Å². The van der Waals surface area contributed by atoms with E-state index in [4.69, 9.17) is 0 Å². The topological polar surface area (TPSA) is 50.2 Å². The van der Waals surface area contributed by atoms with Crippen molar-refractivity contribution < 1.29 is 4.79 Å². The zero-order valence-corrected chi connectivity index (χ0v) is 14.3. The van der Waals surface area contributed by atoms with Gasteiger partial charge in [-0.2, -0.15) is 5.10 Å². The van der Waals surface area contributed by atoms with Gasteiger partial charge in [0.05, 0.1) is 18.4 Å². The summed E-state index contributed by atoms with van der Waals surface area (Å²) in [6.07, 6.45) is 11.0. The van der Waals surface area contributed by atoms with Gasteiger partial charge >= 0.3 is 6.03 Å². The first-order valence-electron chi connectivity index (χ1n) is 8.83. The van der Waals surface area contributed by atoms with Gasteiger partial charge in [0.2, 0.25) is 0 Å². The number of hydrogen-bond donors (Lipinski definition) is 1. The first kappa shape index (κ1) is 16.6. The predicted molar refractivity (Wildman–Crippen MR) is 95.1 cm³/mol. The van der Waals surface area contributed by atoms with Crippen LogP contribution in [0, 0.1) is 0 Å². The lowest BCUT2D eigenvalue weighted by Crippen LogP contribution is -2.42. The van der Waals surface area contributed by atoms with Crippen molar-refractivity contribution in [3.05, 3.63) is 48.3 Å². The van der Waals surface area contributed by atoms with Crippen LogP contribution in [0.2, 0.25) is 0 Å². The summed E-state index contributed by atoms with van der Waals surface area (Å²) in [4.78, 5) is 14.1. The van der Waals surface area contributed by atoms with Crippen molar-refractivity contribution in [1.82, 2.24) is 20.0 Å². The highest BCUT2D eigenvalue weighted by atomic mass is 16.2. The van der Waals surface area contributed by atoms with Gasteiger partial charge in [-0.1, -0.05) is 43.9 Å². The van der Waals surface area contributed by atoms with E-state index < -0.39 is 0 Å². The van der Waals surface area contributed by atoms with E-state index in [1.165, 1.54) is 25.7 Å². The van der Waals surface area contributed by atoms with Gasteiger partial charge in [0, 0.05) is 24.8 Å². The second-order valence-electron chi connectivity index (χ2n) is 6.62. The number of hydrogen-bond acceptors (Lipinski definition) is 2. The quantitative estimate of drug-likeness (QED) is 0.870. The molecule has 0 unspecified atom stereocenters. The van der Waals surface area contributed by atoms with Gasteiger partial charge in [-0.05, 0) is 25.0 Å². The molecule has 0 aliphatic heterocycles. The normalized spacial score (nSPS) is 15.7. The Kier molecular flexibility index (Phi) is 5.51. The third kappa shape index (κ3) is 4.37. The first-order chi connectivity index (χ1) is 11.7. The number of carbonyl (C=O) groups is 1. The number of amides is 2. The third-order valence-electron chi connectivity index (χ3n) is 4.61. The van der Waals surface area contributed by atoms with Crippen molar-refractivity contribution in [3.8, 4) is 5.69 Å². The average Bonchev–Trinajstić information content (AvgIpc) is 2.91. The van der Waals surface area contributed by atoms with Gasteiger partial charge in [0.15, 0.2) is 0 Å². The van der Waals surface area contributed by atoms with Crippen LogP contribution in [0.4, 0.5) is 4.79 Å². The molecule has 1 aromatic heterocycles. The molecule has 24 heavy (non-hydrogen) atoms. The SMILES string of the molecule is CN(Cc1cnn(-c2ccccc2)c1)C(=O)NC1CCCCCC1. The molecule has 1 fully saturated rings. The Labute approximate surface area is 143 Å². The molecule has 0 bridgehead atoms. The molecule has 2 amide bonds. The highest BCUT2D eigenvalue weighted by molar-refractivity contribution is 5.74. The fourth-order valence-electron chi connectivity index (χ4n) is 3.22. The van der Waals surface area contributed by atoms with Crippen molar-refractivity contribution in [3.63, 3.8) is 0 Å². The fourth-order valence-corrected chi connectivity index (χ4v) is 3.22. The van der Waals surface area contributed by atoms with Gasteiger partial charge in [-0.25, -0.2) is 9.48 Å². The Bertz CT molecular complexity index is 644. The van der Waals surface area contributed by atoms with Crippen molar-refractivity contribution in [2.75, 3.05) is 7.05 Å². The van der Waals surface area contributed by atoms with Crippen LogP contribution >= 0.6 is 0 Å². The molecule has 1 heterocycles. The summed E-state index contributed by atoms with van der Waals surface area (Å²) in [5.74, 6) is 0. The third-order valence-corrected chi connectivity index (χ3v) is 4.61. The molecular formula is C19H26N4O. The van der Waals surface area contributed by atoms with E-state index in [1.807, 2.05) is 54.5 Å². The smallest absolute Gasteiger partial charge is 0.317 e. The van der Waals surface area contributed by atoms with Gasteiger partial charge in [0.25, 0.3) is 0 Å². The van der Waals surface area contributed by atoms with Crippen LogP contribution < -0.4 is 5.32 Å². The summed E-state index contributed by atoms with van der Waals surface area (Å²) in [7, 11) is 1.84. The summed E-state index contributed by atoms with van der Waals surface area (Å²) in [6, 6.07) is 10.3. The van der Waals surface area contributed by atoms with Crippen LogP contribution in [-0.4, -0.2) is 33.8 Å². The molecule has 5 nitrogen and oxygen atoms in total. The Morgan fingerprint density at radius 1 is 1.21 bits per heavy atom. The summed E-state index contributed by atoms with van der Waals surface area (Å²) in [6.45, 7) is 0.561. The molecule has 1 aliphatic rings. The minimum Gasteiger partial charge on any atom is -0.335 e. The maximum absolute atomic E-state index is 12.4. The number of carbonyl (C=O) groups excluding carboxylic acids is 1. The lowest BCUT2D eigenvalue weighted by atomic mass is 10.1. The molecule has 1 saturated carbocycles. The standard InChI is InChI=1S/C19H26N4O/c1-22(19(24)21-17-9-5-2-3-6-10-17)14-16-13-20-23(15-16)18-11-7-4-8-12-18/h4,7-8,11-13,15,17H,2-3,5-6,9-10,14H2,1H3,(H,21,24). The molecule has 1 N–H and O–H groups in total. The number of nitrogens with one attached hydrogen (secondary N) is 1. The van der Waals surface area contributed by atoms with Gasteiger partial charge in [-0.3, -0.25) is 0 Å². The fraction of sp³-hybridized carbons (Fsp3) is 0.474. The maximum Gasteiger partial charge on any atom is 0.317 e. The average molecular weight is 326 g/mol.